The van der Waals surface area contributed by atoms with Crippen LogP contribution in [0.1, 0.15) is 24.5 Å². The number of piperidine rings is 1. The van der Waals surface area contributed by atoms with E-state index in [1.54, 1.807) is 30.4 Å². The molecule has 1 fully saturated rings. The van der Waals surface area contributed by atoms with Gasteiger partial charge in [-0.25, -0.2) is 9.97 Å². The largest absolute Gasteiger partial charge is 0.342 e. The Balaban J connectivity index is 1.33. The molecule has 1 aliphatic heterocycles. The van der Waals surface area contributed by atoms with Crippen LogP contribution in [0, 0.1) is 0 Å². The standard InChI is InChI=1S/C20H20N4OS/c25-19(14-26-17-5-10-21-11-6-17)24-12-7-15(8-13-24)18-4-3-16-2-1-9-22-20(16)23-18/h1-6,9-11,15H,7-8,12-14H2. The lowest BCUT2D eigenvalue weighted by Gasteiger charge is -2.31. The lowest BCUT2D eigenvalue weighted by atomic mass is 9.93. The predicted octanol–water partition coefficient (Wildman–Crippen LogP) is 3.52. The third-order valence-electron chi connectivity index (χ3n) is 4.76. The maximum Gasteiger partial charge on any atom is 0.232 e. The van der Waals surface area contributed by atoms with Gasteiger partial charge in [0.2, 0.25) is 5.91 Å². The molecule has 5 nitrogen and oxygen atoms in total. The van der Waals surface area contributed by atoms with Crippen LogP contribution < -0.4 is 0 Å². The molecule has 1 amide bonds. The van der Waals surface area contributed by atoms with E-state index in [0.717, 1.165) is 47.6 Å². The molecule has 0 spiro atoms. The molecule has 1 saturated heterocycles. The number of nitrogens with zero attached hydrogens (tertiary/aromatic N) is 4. The molecule has 1 aliphatic rings. The number of carbonyl (C=O) groups is 1. The molecule has 3 aromatic heterocycles. The number of amides is 1. The summed E-state index contributed by atoms with van der Waals surface area (Å²) >= 11 is 1.57. The Morgan fingerprint density at radius 2 is 1.88 bits per heavy atom. The van der Waals surface area contributed by atoms with E-state index in [-0.39, 0.29) is 5.91 Å². The first kappa shape index (κ1) is 17.0. The minimum Gasteiger partial charge on any atom is -0.342 e. The highest BCUT2D eigenvalue weighted by molar-refractivity contribution is 8.00. The number of thioether (sulfide) groups is 1. The molecule has 4 rings (SSSR count). The van der Waals surface area contributed by atoms with Crippen molar-refractivity contribution in [1.82, 2.24) is 19.9 Å². The smallest absolute Gasteiger partial charge is 0.232 e. The Hall–Kier alpha value is -2.47. The molecule has 26 heavy (non-hydrogen) atoms. The quantitative estimate of drug-likeness (QED) is 0.663. The van der Waals surface area contributed by atoms with Crippen LogP contribution in [-0.4, -0.2) is 44.6 Å². The van der Waals surface area contributed by atoms with Crippen molar-refractivity contribution < 1.29 is 4.79 Å². The van der Waals surface area contributed by atoms with Gasteiger partial charge >= 0.3 is 0 Å². The van der Waals surface area contributed by atoms with Crippen molar-refractivity contribution in [3.8, 4) is 0 Å². The fraction of sp³-hybridized carbons (Fsp3) is 0.300. The number of hydrogen-bond acceptors (Lipinski definition) is 5. The van der Waals surface area contributed by atoms with Gasteiger partial charge in [-0.15, -0.1) is 11.8 Å². The second kappa shape index (κ2) is 7.83. The molecular weight excluding hydrogens is 344 g/mol. The Bertz CT molecular complexity index is 894. The van der Waals surface area contributed by atoms with Gasteiger partial charge in [0, 0.05) is 53.6 Å². The Morgan fingerprint density at radius 3 is 2.69 bits per heavy atom. The number of likely N-dealkylation sites (tertiary alicyclic amines) is 1. The summed E-state index contributed by atoms with van der Waals surface area (Å²) in [5, 5.41) is 1.07. The van der Waals surface area contributed by atoms with Crippen LogP contribution in [0.5, 0.6) is 0 Å². The van der Waals surface area contributed by atoms with Gasteiger partial charge in [-0.3, -0.25) is 9.78 Å². The van der Waals surface area contributed by atoms with Gasteiger partial charge < -0.3 is 4.90 Å². The van der Waals surface area contributed by atoms with Crippen molar-refractivity contribution >= 4 is 28.7 Å². The van der Waals surface area contributed by atoms with Gasteiger partial charge in [0.05, 0.1) is 5.75 Å². The third-order valence-corrected chi connectivity index (χ3v) is 5.76. The van der Waals surface area contributed by atoms with Crippen molar-refractivity contribution in [1.29, 1.82) is 0 Å². The van der Waals surface area contributed by atoms with Crippen LogP contribution in [0.15, 0.2) is 59.9 Å². The van der Waals surface area contributed by atoms with Gasteiger partial charge in [-0.05, 0) is 49.2 Å². The molecule has 6 heteroatoms. The van der Waals surface area contributed by atoms with E-state index in [4.69, 9.17) is 4.98 Å². The molecule has 3 aromatic rings. The summed E-state index contributed by atoms with van der Waals surface area (Å²) in [4.78, 5) is 28.6. The van der Waals surface area contributed by atoms with E-state index in [1.807, 2.05) is 29.2 Å². The van der Waals surface area contributed by atoms with Gasteiger partial charge in [-0.2, -0.15) is 0 Å². The number of fused-ring (bicyclic) bond motifs is 1. The fourth-order valence-electron chi connectivity index (χ4n) is 3.29. The summed E-state index contributed by atoms with van der Waals surface area (Å²) in [6.45, 7) is 1.59. The summed E-state index contributed by atoms with van der Waals surface area (Å²) in [6.07, 6.45) is 7.20. The van der Waals surface area contributed by atoms with Crippen LogP contribution in [-0.2, 0) is 4.79 Å². The molecule has 0 unspecified atom stereocenters. The van der Waals surface area contributed by atoms with Crippen molar-refractivity contribution in [2.24, 2.45) is 0 Å². The molecular formula is C20H20N4OS. The highest BCUT2D eigenvalue weighted by atomic mass is 32.2. The van der Waals surface area contributed by atoms with E-state index in [0.29, 0.717) is 11.7 Å². The number of carbonyl (C=O) groups excluding carboxylic acids is 1. The zero-order chi connectivity index (χ0) is 17.8. The number of rotatable bonds is 4. The minimum absolute atomic E-state index is 0.207. The minimum atomic E-state index is 0.207. The van der Waals surface area contributed by atoms with Crippen molar-refractivity contribution in [3.05, 3.63) is 60.7 Å². The SMILES string of the molecule is O=C(CSc1ccncc1)N1CCC(c2ccc3cccnc3n2)CC1. The fourth-order valence-corrected chi connectivity index (χ4v) is 4.08. The lowest BCUT2D eigenvalue weighted by molar-refractivity contribution is -0.129. The predicted molar refractivity (Wildman–Crippen MR) is 103 cm³/mol. The van der Waals surface area contributed by atoms with Crippen LogP contribution in [0.3, 0.4) is 0 Å². The van der Waals surface area contributed by atoms with Crippen LogP contribution in [0.4, 0.5) is 0 Å². The van der Waals surface area contributed by atoms with Crippen molar-refractivity contribution in [3.63, 3.8) is 0 Å². The topological polar surface area (TPSA) is 59.0 Å². The summed E-state index contributed by atoms with van der Waals surface area (Å²) < 4.78 is 0. The zero-order valence-corrected chi connectivity index (χ0v) is 15.2. The summed E-state index contributed by atoms with van der Waals surface area (Å²) in [5.41, 5.74) is 1.90. The Labute approximate surface area is 156 Å². The Morgan fingerprint density at radius 1 is 1.08 bits per heavy atom. The average molecular weight is 364 g/mol. The van der Waals surface area contributed by atoms with Crippen LogP contribution in [0.25, 0.3) is 11.0 Å². The maximum atomic E-state index is 12.5. The normalized spacial score (nSPS) is 15.3. The van der Waals surface area contributed by atoms with E-state index in [1.165, 1.54) is 0 Å². The first-order valence-corrected chi connectivity index (χ1v) is 9.80. The molecule has 0 radical (unpaired) electrons. The highest BCUT2D eigenvalue weighted by Crippen LogP contribution is 2.28. The number of hydrogen-bond donors (Lipinski definition) is 0. The van der Waals surface area contributed by atoms with E-state index in [9.17, 15) is 4.79 Å². The van der Waals surface area contributed by atoms with Gasteiger partial charge in [0.15, 0.2) is 5.65 Å². The van der Waals surface area contributed by atoms with E-state index in [2.05, 4.69) is 22.1 Å². The van der Waals surface area contributed by atoms with Crippen LogP contribution >= 0.6 is 11.8 Å². The first-order chi connectivity index (χ1) is 12.8. The monoisotopic (exact) mass is 364 g/mol. The van der Waals surface area contributed by atoms with Crippen LogP contribution in [0.2, 0.25) is 0 Å². The van der Waals surface area contributed by atoms with E-state index >= 15 is 0 Å². The van der Waals surface area contributed by atoms with Crippen molar-refractivity contribution in [2.75, 3.05) is 18.8 Å². The number of pyridine rings is 3. The molecule has 0 saturated carbocycles. The lowest BCUT2D eigenvalue weighted by Crippen LogP contribution is -2.39. The van der Waals surface area contributed by atoms with Gasteiger partial charge in [-0.1, -0.05) is 0 Å². The molecule has 4 heterocycles. The van der Waals surface area contributed by atoms with Crippen molar-refractivity contribution in [2.45, 2.75) is 23.7 Å². The molecule has 0 aromatic carbocycles. The summed E-state index contributed by atoms with van der Waals surface area (Å²) in [5.74, 6) is 1.09. The number of aromatic nitrogens is 3. The summed E-state index contributed by atoms with van der Waals surface area (Å²) in [6, 6.07) is 12.0. The zero-order valence-electron chi connectivity index (χ0n) is 14.4. The molecule has 0 bridgehead atoms. The van der Waals surface area contributed by atoms with E-state index < -0.39 is 0 Å². The third kappa shape index (κ3) is 3.85. The molecule has 0 atom stereocenters. The second-order valence-corrected chi connectivity index (χ2v) is 7.46. The molecule has 0 aliphatic carbocycles. The highest BCUT2D eigenvalue weighted by Gasteiger charge is 2.24. The molecule has 132 valence electrons. The van der Waals surface area contributed by atoms with Gasteiger partial charge in [0.25, 0.3) is 0 Å². The average Bonchev–Trinajstić information content (AvgIpc) is 2.72. The second-order valence-electron chi connectivity index (χ2n) is 6.41. The molecule has 0 N–H and O–H groups in total. The summed E-state index contributed by atoms with van der Waals surface area (Å²) in [7, 11) is 0. The Kier molecular flexibility index (Phi) is 5.11. The van der Waals surface area contributed by atoms with Gasteiger partial charge in [0.1, 0.15) is 0 Å². The first-order valence-electron chi connectivity index (χ1n) is 8.82. The maximum absolute atomic E-state index is 12.5.